The number of para-hydroxylation sites is 1. The van der Waals surface area contributed by atoms with Crippen molar-refractivity contribution in [3.05, 3.63) is 76.2 Å². The summed E-state index contributed by atoms with van der Waals surface area (Å²) < 4.78 is 8.79. The van der Waals surface area contributed by atoms with Crippen LogP contribution < -0.4 is 20.9 Å². The Hall–Kier alpha value is -3.91. The Morgan fingerprint density at radius 1 is 1.09 bits per heavy atom. The van der Waals surface area contributed by atoms with E-state index in [1.54, 1.807) is 35.9 Å². The second kappa shape index (κ2) is 8.22. The van der Waals surface area contributed by atoms with Crippen molar-refractivity contribution in [1.29, 1.82) is 0 Å². The van der Waals surface area contributed by atoms with Crippen LogP contribution in [0.3, 0.4) is 0 Å². The molecular formula is C25H24N4O4. The van der Waals surface area contributed by atoms with Crippen LogP contribution in [0.4, 0.5) is 0 Å². The van der Waals surface area contributed by atoms with Crippen LogP contribution in [0.15, 0.2) is 59.4 Å². The highest BCUT2D eigenvalue weighted by atomic mass is 16.5. The van der Waals surface area contributed by atoms with Crippen LogP contribution in [0.25, 0.3) is 21.8 Å². The number of hydrogen-bond donors (Lipinski definition) is 2. The SMILES string of the molecule is COc1c(C(=O)NC2CNC2)n(C)c2c1c(=O)n(CC(=O)c1ccccc1)c1ccccc21. The summed E-state index contributed by atoms with van der Waals surface area (Å²) in [5.41, 5.74) is 1.67. The first-order chi connectivity index (χ1) is 16.0. The molecule has 0 aliphatic carbocycles. The van der Waals surface area contributed by atoms with Crippen molar-refractivity contribution in [3.8, 4) is 5.75 Å². The van der Waals surface area contributed by atoms with Crippen LogP contribution in [-0.2, 0) is 13.6 Å². The number of carbonyl (C=O) groups excluding carboxylic acids is 2. The lowest BCUT2D eigenvalue weighted by atomic mass is 10.1. The number of fused-ring (bicyclic) bond motifs is 3. The Labute approximate surface area is 189 Å². The van der Waals surface area contributed by atoms with E-state index in [0.717, 1.165) is 5.39 Å². The largest absolute Gasteiger partial charge is 0.493 e. The maximum absolute atomic E-state index is 13.7. The zero-order chi connectivity index (χ0) is 23.1. The maximum Gasteiger partial charge on any atom is 0.272 e. The van der Waals surface area contributed by atoms with Gasteiger partial charge in [-0.05, 0) is 6.07 Å². The molecule has 1 fully saturated rings. The molecule has 0 spiro atoms. The van der Waals surface area contributed by atoms with Crippen molar-refractivity contribution in [2.45, 2.75) is 12.6 Å². The molecule has 0 saturated carbocycles. The van der Waals surface area contributed by atoms with E-state index in [2.05, 4.69) is 10.6 Å². The number of hydrogen-bond acceptors (Lipinski definition) is 5. The van der Waals surface area contributed by atoms with Gasteiger partial charge in [-0.15, -0.1) is 0 Å². The van der Waals surface area contributed by atoms with Crippen LogP contribution >= 0.6 is 0 Å². The van der Waals surface area contributed by atoms with Crippen LogP contribution in [-0.4, -0.2) is 47.1 Å². The van der Waals surface area contributed by atoms with Crippen LogP contribution in [0, 0.1) is 0 Å². The Kier molecular flexibility index (Phi) is 5.22. The summed E-state index contributed by atoms with van der Waals surface area (Å²) in [6.45, 7) is 1.29. The van der Waals surface area contributed by atoms with Gasteiger partial charge in [-0.3, -0.25) is 19.0 Å². The molecule has 3 heterocycles. The quantitative estimate of drug-likeness (QED) is 0.444. The smallest absolute Gasteiger partial charge is 0.272 e. The van der Waals surface area contributed by atoms with Gasteiger partial charge < -0.3 is 19.9 Å². The van der Waals surface area contributed by atoms with Crippen molar-refractivity contribution in [1.82, 2.24) is 19.8 Å². The molecule has 0 unspecified atom stereocenters. The summed E-state index contributed by atoms with van der Waals surface area (Å²) in [5, 5.41) is 7.15. The second-order valence-electron chi connectivity index (χ2n) is 8.19. The molecule has 33 heavy (non-hydrogen) atoms. The van der Waals surface area contributed by atoms with Crippen LogP contribution in [0.5, 0.6) is 5.75 Å². The molecule has 8 nitrogen and oxygen atoms in total. The van der Waals surface area contributed by atoms with Gasteiger partial charge in [0.25, 0.3) is 11.5 Å². The number of pyridine rings is 1. The molecule has 8 heteroatoms. The molecule has 0 radical (unpaired) electrons. The minimum atomic E-state index is -0.371. The van der Waals surface area contributed by atoms with Gasteiger partial charge in [-0.1, -0.05) is 48.5 Å². The number of ketones is 1. The number of nitrogens with zero attached hydrogens (tertiary/aromatic N) is 2. The zero-order valence-electron chi connectivity index (χ0n) is 18.4. The van der Waals surface area contributed by atoms with E-state index in [9.17, 15) is 14.4 Å². The monoisotopic (exact) mass is 444 g/mol. The van der Waals surface area contributed by atoms with Crippen molar-refractivity contribution >= 4 is 33.5 Å². The fourth-order valence-electron chi connectivity index (χ4n) is 4.44. The molecule has 4 aromatic rings. The summed E-state index contributed by atoms with van der Waals surface area (Å²) in [7, 11) is 3.20. The third-order valence-corrected chi connectivity index (χ3v) is 6.19. The summed E-state index contributed by atoms with van der Waals surface area (Å²) in [6.07, 6.45) is 0. The van der Waals surface area contributed by atoms with Gasteiger partial charge >= 0.3 is 0 Å². The molecule has 1 aliphatic rings. The number of Topliss-reactive ketones (excluding diaryl/α,β-unsaturated/α-hetero) is 1. The third kappa shape index (κ3) is 3.39. The first-order valence-electron chi connectivity index (χ1n) is 10.8. The van der Waals surface area contributed by atoms with Crippen molar-refractivity contribution in [2.75, 3.05) is 20.2 Å². The Balaban J connectivity index is 1.73. The molecule has 1 aliphatic heterocycles. The molecule has 0 bridgehead atoms. The molecule has 2 aromatic carbocycles. The molecule has 5 rings (SSSR count). The molecule has 1 saturated heterocycles. The lowest BCUT2D eigenvalue weighted by Gasteiger charge is -2.28. The van der Waals surface area contributed by atoms with E-state index in [4.69, 9.17) is 4.74 Å². The molecule has 168 valence electrons. The van der Waals surface area contributed by atoms with Crippen LogP contribution in [0.1, 0.15) is 20.8 Å². The lowest BCUT2D eigenvalue weighted by molar-refractivity contribution is 0.0911. The summed E-state index contributed by atoms with van der Waals surface area (Å²) in [5.74, 6) is -0.256. The van der Waals surface area contributed by atoms with E-state index in [-0.39, 0.29) is 46.7 Å². The Morgan fingerprint density at radius 3 is 2.45 bits per heavy atom. The average Bonchev–Trinajstić information content (AvgIpc) is 3.12. The van der Waals surface area contributed by atoms with Crippen molar-refractivity contribution in [2.24, 2.45) is 7.05 Å². The number of benzene rings is 2. The highest BCUT2D eigenvalue weighted by Crippen LogP contribution is 2.34. The van der Waals surface area contributed by atoms with E-state index >= 15 is 0 Å². The molecule has 2 N–H and O–H groups in total. The topological polar surface area (TPSA) is 94.4 Å². The first kappa shape index (κ1) is 21.0. The van der Waals surface area contributed by atoms with Gasteiger partial charge in [-0.2, -0.15) is 0 Å². The fourth-order valence-corrected chi connectivity index (χ4v) is 4.44. The normalized spacial score (nSPS) is 13.8. The Bertz CT molecular complexity index is 1450. The second-order valence-corrected chi connectivity index (χ2v) is 8.19. The van der Waals surface area contributed by atoms with Crippen molar-refractivity contribution in [3.63, 3.8) is 0 Å². The number of rotatable bonds is 6. The van der Waals surface area contributed by atoms with Crippen molar-refractivity contribution < 1.29 is 14.3 Å². The Morgan fingerprint density at radius 2 is 1.79 bits per heavy atom. The zero-order valence-corrected chi connectivity index (χ0v) is 18.4. The highest BCUT2D eigenvalue weighted by molar-refractivity contribution is 6.12. The van der Waals surface area contributed by atoms with Gasteiger partial charge in [0.05, 0.1) is 30.7 Å². The minimum Gasteiger partial charge on any atom is -0.493 e. The van der Waals surface area contributed by atoms with Gasteiger partial charge in [-0.25, -0.2) is 0 Å². The van der Waals surface area contributed by atoms with Gasteiger partial charge in [0.15, 0.2) is 17.2 Å². The fraction of sp³-hybridized carbons (Fsp3) is 0.240. The standard InChI is InChI=1S/C25H24N4O4/c1-28-21-17-10-6-7-11-18(17)29(14-19(30)15-8-4-3-5-9-15)25(32)20(21)23(33-2)22(28)24(31)27-16-12-26-13-16/h3-11,16,26H,12-14H2,1-2H3,(H,27,31). The van der Waals surface area contributed by atoms with Crippen LogP contribution in [0.2, 0.25) is 0 Å². The molecule has 1 amide bonds. The van der Waals surface area contributed by atoms with E-state index in [1.807, 2.05) is 30.3 Å². The predicted octanol–water partition coefficient (Wildman–Crippen LogP) is 2.09. The number of amides is 1. The summed E-state index contributed by atoms with van der Waals surface area (Å²) in [4.78, 5) is 39.8. The number of methoxy groups -OCH3 is 1. The molecule has 2 aromatic heterocycles. The van der Waals surface area contributed by atoms with Gasteiger partial charge in [0.2, 0.25) is 0 Å². The van der Waals surface area contributed by atoms with Gasteiger partial charge in [0.1, 0.15) is 5.39 Å². The minimum absolute atomic E-state index is 0.0390. The highest BCUT2D eigenvalue weighted by Gasteiger charge is 2.29. The number of aryl methyl sites for hydroxylation is 1. The maximum atomic E-state index is 13.7. The molecule has 0 atom stereocenters. The summed E-state index contributed by atoms with van der Waals surface area (Å²) >= 11 is 0. The van der Waals surface area contributed by atoms with E-state index in [0.29, 0.717) is 29.7 Å². The predicted molar refractivity (Wildman–Crippen MR) is 126 cm³/mol. The van der Waals surface area contributed by atoms with E-state index in [1.165, 1.54) is 11.7 Å². The first-order valence-corrected chi connectivity index (χ1v) is 10.8. The third-order valence-electron chi connectivity index (χ3n) is 6.19. The van der Waals surface area contributed by atoms with E-state index < -0.39 is 0 Å². The lowest BCUT2D eigenvalue weighted by Crippen LogP contribution is -2.57. The number of aromatic nitrogens is 2. The molecular weight excluding hydrogens is 420 g/mol. The number of carbonyl (C=O) groups is 2. The summed E-state index contributed by atoms with van der Waals surface area (Å²) in [6, 6.07) is 16.3. The van der Waals surface area contributed by atoms with Gasteiger partial charge in [0, 0.05) is 31.1 Å². The number of nitrogens with one attached hydrogen (secondary N) is 2. The average molecular weight is 444 g/mol. The number of ether oxygens (including phenoxy) is 1.